The minimum Gasteiger partial charge on any atom is -0.426 e. The highest BCUT2D eigenvalue weighted by molar-refractivity contribution is 6.55. The molecular formula is C21H29Cl2NO3. The van der Waals surface area contributed by atoms with E-state index >= 15 is 0 Å². The smallest absolute Gasteiger partial charge is 0.311 e. The lowest BCUT2D eigenvalue weighted by Gasteiger charge is -2.09. The van der Waals surface area contributed by atoms with Crippen LogP contribution in [0.2, 0.25) is 0 Å². The van der Waals surface area contributed by atoms with E-state index < -0.39 is 5.91 Å². The monoisotopic (exact) mass is 413 g/mol. The molecule has 0 aliphatic carbocycles. The second-order valence-electron chi connectivity index (χ2n) is 6.46. The van der Waals surface area contributed by atoms with Gasteiger partial charge in [0.2, 0.25) is 0 Å². The van der Waals surface area contributed by atoms with Crippen molar-refractivity contribution in [1.29, 1.82) is 0 Å². The molecule has 0 aliphatic heterocycles. The van der Waals surface area contributed by atoms with E-state index in [-0.39, 0.29) is 21.8 Å². The highest BCUT2D eigenvalue weighted by atomic mass is 35.5. The Morgan fingerprint density at radius 3 is 2.19 bits per heavy atom. The van der Waals surface area contributed by atoms with Gasteiger partial charge in [-0.25, -0.2) is 0 Å². The summed E-state index contributed by atoms with van der Waals surface area (Å²) in [5.74, 6) is -0.542. The van der Waals surface area contributed by atoms with Crippen molar-refractivity contribution in [2.75, 3.05) is 0 Å². The van der Waals surface area contributed by atoms with Gasteiger partial charge in [0.25, 0.3) is 5.91 Å². The molecule has 1 aromatic carbocycles. The Morgan fingerprint density at radius 2 is 1.56 bits per heavy atom. The zero-order valence-electron chi connectivity index (χ0n) is 15.9. The van der Waals surface area contributed by atoms with Gasteiger partial charge in [-0.15, -0.1) is 0 Å². The molecule has 1 amide bonds. The Morgan fingerprint density at radius 1 is 0.963 bits per heavy atom. The SMILES string of the molecule is CCCCCCCCCCCC(=O)Oc1ccccc1C(=O)NC=C(Cl)Cl. The molecule has 0 aromatic heterocycles. The number of benzene rings is 1. The Labute approximate surface area is 172 Å². The third kappa shape index (κ3) is 11.0. The number of hydrogen-bond donors (Lipinski definition) is 1. The predicted octanol–water partition coefficient (Wildman–Crippen LogP) is 6.52. The molecule has 0 atom stereocenters. The van der Waals surface area contributed by atoms with E-state index in [0.29, 0.717) is 6.42 Å². The van der Waals surface area contributed by atoms with Gasteiger partial charge in [-0.3, -0.25) is 9.59 Å². The number of hydrogen-bond acceptors (Lipinski definition) is 3. The van der Waals surface area contributed by atoms with Gasteiger partial charge in [0.05, 0.1) is 5.56 Å². The summed E-state index contributed by atoms with van der Waals surface area (Å²) in [6, 6.07) is 6.57. The lowest BCUT2D eigenvalue weighted by Crippen LogP contribution is -2.19. The maximum absolute atomic E-state index is 12.1. The normalized spacial score (nSPS) is 10.3. The van der Waals surface area contributed by atoms with Crippen LogP contribution in [0.5, 0.6) is 5.75 Å². The molecule has 0 spiro atoms. The summed E-state index contributed by atoms with van der Waals surface area (Å²) in [5.41, 5.74) is 0.253. The molecule has 0 bridgehead atoms. The minimum atomic E-state index is -0.444. The predicted molar refractivity (Wildman–Crippen MR) is 111 cm³/mol. The van der Waals surface area contributed by atoms with Crippen LogP contribution >= 0.6 is 23.2 Å². The average molecular weight is 414 g/mol. The first-order chi connectivity index (χ1) is 13.0. The summed E-state index contributed by atoms with van der Waals surface area (Å²) >= 11 is 11.0. The van der Waals surface area contributed by atoms with Gasteiger partial charge in [0.15, 0.2) is 0 Å². The zero-order valence-corrected chi connectivity index (χ0v) is 17.5. The summed E-state index contributed by atoms with van der Waals surface area (Å²) in [7, 11) is 0. The van der Waals surface area contributed by atoms with Gasteiger partial charge in [0, 0.05) is 12.6 Å². The molecule has 0 saturated carbocycles. The van der Waals surface area contributed by atoms with E-state index in [9.17, 15) is 9.59 Å². The van der Waals surface area contributed by atoms with E-state index in [1.165, 1.54) is 44.7 Å². The summed E-state index contributed by atoms with van der Waals surface area (Å²) < 4.78 is 5.29. The second-order valence-corrected chi connectivity index (χ2v) is 7.46. The fourth-order valence-corrected chi connectivity index (χ4v) is 2.80. The molecule has 0 heterocycles. The van der Waals surface area contributed by atoms with E-state index in [0.717, 1.165) is 19.3 Å². The fraction of sp³-hybridized carbons (Fsp3) is 0.524. The van der Waals surface area contributed by atoms with E-state index in [4.69, 9.17) is 27.9 Å². The Hall–Kier alpha value is -1.52. The fourth-order valence-electron chi connectivity index (χ4n) is 2.69. The van der Waals surface area contributed by atoms with Crippen LogP contribution in [-0.2, 0) is 4.79 Å². The highest BCUT2D eigenvalue weighted by Crippen LogP contribution is 2.19. The summed E-state index contributed by atoms with van der Waals surface area (Å²) in [6.45, 7) is 2.22. The number of carbonyl (C=O) groups excluding carboxylic acids is 2. The van der Waals surface area contributed by atoms with Crippen molar-refractivity contribution in [3.05, 3.63) is 40.5 Å². The third-order valence-electron chi connectivity index (χ3n) is 4.15. The Bertz CT molecular complexity index is 613. The first kappa shape index (κ1) is 23.5. The van der Waals surface area contributed by atoms with Crippen LogP contribution in [0.15, 0.2) is 35.0 Å². The number of carbonyl (C=O) groups is 2. The van der Waals surface area contributed by atoms with Crippen LogP contribution in [0.3, 0.4) is 0 Å². The number of halogens is 2. The number of unbranched alkanes of at least 4 members (excludes halogenated alkanes) is 8. The van der Waals surface area contributed by atoms with Gasteiger partial charge >= 0.3 is 5.97 Å². The maximum atomic E-state index is 12.1. The molecular weight excluding hydrogens is 385 g/mol. The van der Waals surface area contributed by atoms with E-state index in [1.807, 2.05) is 0 Å². The Kier molecular flexibility index (Phi) is 12.7. The standard InChI is InChI=1S/C21H29Cl2NO3/c1-2-3-4-5-6-7-8-9-10-15-20(25)27-18-14-12-11-13-17(18)21(26)24-16-19(22)23/h11-14,16H,2-10,15H2,1H3,(H,24,26). The molecule has 0 radical (unpaired) electrons. The van der Waals surface area contributed by atoms with Crippen molar-refractivity contribution < 1.29 is 14.3 Å². The maximum Gasteiger partial charge on any atom is 0.311 e. The lowest BCUT2D eigenvalue weighted by molar-refractivity contribution is -0.134. The summed E-state index contributed by atoms with van der Waals surface area (Å²) in [5, 5.41) is 2.44. The van der Waals surface area contributed by atoms with Crippen LogP contribution in [0.4, 0.5) is 0 Å². The van der Waals surface area contributed by atoms with Crippen LogP contribution in [0, 0.1) is 0 Å². The van der Waals surface area contributed by atoms with Gasteiger partial charge in [-0.2, -0.15) is 0 Å². The highest BCUT2D eigenvalue weighted by Gasteiger charge is 2.14. The lowest BCUT2D eigenvalue weighted by atomic mass is 10.1. The summed E-state index contributed by atoms with van der Waals surface area (Å²) in [6.07, 6.45) is 12.2. The first-order valence-electron chi connectivity index (χ1n) is 9.66. The number of ether oxygens (including phenoxy) is 1. The molecule has 0 fully saturated rings. The molecule has 1 aromatic rings. The molecule has 0 unspecified atom stereocenters. The van der Waals surface area contributed by atoms with Gasteiger partial charge in [-0.05, 0) is 18.6 Å². The molecule has 0 saturated heterocycles. The molecule has 0 aliphatic rings. The average Bonchev–Trinajstić information content (AvgIpc) is 2.65. The number of nitrogens with one attached hydrogen (secondary N) is 1. The van der Waals surface area contributed by atoms with Crippen molar-refractivity contribution in [2.45, 2.75) is 71.1 Å². The number of esters is 1. The number of amides is 1. The largest absolute Gasteiger partial charge is 0.426 e. The minimum absolute atomic E-state index is 0.0665. The van der Waals surface area contributed by atoms with Crippen LogP contribution in [-0.4, -0.2) is 11.9 Å². The van der Waals surface area contributed by atoms with Gasteiger partial charge in [0.1, 0.15) is 10.2 Å². The van der Waals surface area contributed by atoms with Crippen LogP contribution in [0.1, 0.15) is 81.5 Å². The molecule has 4 nitrogen and oxygen atoms in total. The second kappa shape index (κ2) is 14.5. The van der Waals surface area contributed by atoms with Gasteiger partial charge < -0.3 is 10.1 Å². The molecule has 150 valence electrons. The topological polar surface area (TPSA) is 55.4 Å². The van der Waals surface area contributed by atoms with Crippen molar-refractivity contribution >= 4 is 35.1 Å². The molecule has 1 N–H and O–H groups in total. The van der Waals surface area contributed by atoms with Crippen molar-refractivity contribution in [3.63, 3.8) is 0 Å². The third-order valence-corrected chi connectivity index (χ3v) is 4.37. The van der Waals surface area contributed by atoms with Crippen LogP contribution < -0.4 is 10.1 Å². The van der Waals surface area contributed by atoms with Crippen molar-refractivity contribution in [3.8, 4) is 5.75 Å². The van der Waals surface area contributed by atoms with Crippen molar-refractivity contribution in [2.24, 2.45) is 0 Å². The summed E-state index contributed by atoms with van der Waals surface area (Å²) in [4.78, 5) is 24.2. The zero-order chi connectivity index (χ0) is 19.9. The van der Waals surface area contributed by atoms with E-state index in [2.05, 4.69) is 12.2 Å². The van der Waals surface area contributed by atoms with E-state index in [1.54, 1.807) is 24.3 Å². The number of rotatable bonds is 13. The molecule has 1 rings (SSSR count). The van der Waals surface area contributed by atoms with Gasteiger partial charge in [-0.1, -0.05) is 93.6 Å². The number of para-hydroxylation sites is 1. The van der Waals surface area contributed by atoms with Crippen molar-refractivity contribution in [1.82, 2.24) is 5.32 Å². The van der Waals surface area contributed by atoms with Crippen LogP contribution in [0.25, 0.3) is 0 Å². The quantitative estimate of drug-likeness (QED) is 0.227. The first-order valence-corrected chi connectivity index (χ1v) is 10.4. The molecule has 27 heavy (non-hydrogen) atoms. The Balaban J connectivity index is 2.32. The molecule has 6 heteroatoms.